The van der Waals surface area contributed by atoms with Gasteiger partial charge in [-0.15, -0.1) is 0 Å². The monoisotopic (exact) mass is 187 g/mol. The molecule has 4 heteroatoms. The summed E-state index contributed by atoms with van der Waals surface area (Å²) in [6.07, 6.45) is 0.369. The minimum absolute atomic E-state index is 0.172. The minimum atomic E-state index is -0.172. The molecule has 0 amide bonds. The molecular formula is C9H17NO3. The summed E-state index contributed by atoms with van der Waals surface area (Å²) in [7, 11) is 0. The first kappa shape index (κ1) is 10.5. The van der Waals surface area contributed by atoms with Gasteiger partial charge in [-0.3, -0.25) is 9.69 Å². The van der Waals surface area contributed by atoms with Crippen LogP contribution < -0.4 is 0 Å². The van der Waals surface area contributed by atoms with Crippen molar-refractivity contribution in [3.63, 3.8) is 0 Å². The van der Waals surface area contributed by atoms with Crippen molar-refractivity contribution in [2.45, 2.75) is 13.3 Å². The molecule has 1 rings (SSSR count). The van der Waals surface area contributed by atoms with E-state index >= 15 is 0 Å². The first-order valence-corrected chi connectivity index (χ1v) is 4.78. The molecule has 0 spiro atoms. The zero-order valence-electron chi connectivity index (χ0n) is 8.12. The molecule has 1 fully saturated rings. The molecule has 1 heterocycles. The van der Waals surface area contributed by atoms with Crippen LogP contribution in [0.4, 0.5) is 0 Å². The van der Waals surface area contributed by atoms with Crippen molar-refractivity contribution in [2.24, 2.45) is 0 Å². The molecule has 1 aliphatic rings. The zero-order valence-corrected chi connectivity index (χ0v) is 8.12. The van der Waals surface area contributed by atoms with E-state index in [0.717, 1.165) is 13.2 Å². The molecule has 4 nitrogen and oxygen atoms in total. The Morgan fingerprint density at radius 2 is 2.15 bits per heavy atom. The van der Waals surface area contributed by atoms with Gasteiger partial charge in [0.15, 0.2) is 0 Å². The standard InChI is InChI=1S/C9H17NO3/c1-2-13-9(11)3-7-12-8-6-10-4-5-10/h2-8H2,1H3. The van der Waals surface area contributed by atoms with Crippen LogP contribution in [0.5, 0.6) is 0 Å². The summed E-state index contributed by atoms with van der Waals surface area (Å²) in [6.45, 7) is 6.84. The van der Waals surface area contributed by atoms with E-state index in [4.69, 9.17) is 9.47 Å². The van der Waals surface area contributed by atoms with Gasteiger partial charge in [0.2, 0.25) is 0 Å². The molecule has 1 aliphatic heterocycles. The van der Waals surface area contributed by atoms with Crippen molar-refractivity contribution in [1.82, 2.24) is 4.90 Å². The van der Waals surface area contributed by atoms with Gasteiger partial charge in [0.1, 0.15) is 0 Å². The summed E-state index contributed by atoms with van der Waals surface area (Å²) in [6, 6.07) is 0. The van der Waals surface area contributed by atoms with Crippen molar-refractivity contribution in [1.29, 1.82) is 0 Å². The van der Waals surface area contributed by atoms with Gasteiger partial charge in [-0.05, 0) is 6.92 Å². The van der Waals surface area contributed by atoms with Crippen LogP contribution in [0, 0.1) is 0 Å². The lowest BCUT2D eigenvalue weighted by molar-refractivity contribution is -0.144. The number of nitrogens with zero attached hydrogens (tertiary/aromatic N) is 1. The van der Waals surface area contributed by atoms with E-state index < -0.39 is 0 Å². The summed E-state index contributed by atoms with van der Waals surface area (Å²) < 4.78 is 10.0. The van der Waals surface area contributed by atoms with Gasteiger partial charge >= 0.3 is 5.97 Å². The quantitative estimate of drug-likeness (QED) is 0.326. The highest BCUT2D eigenvalue weighted by Crippen LogP contribution is 2.01. The molecule has 0 bridgehead atoms. The lowest BCUT2D eigenvalue weighted by Crippen LogP contribution is -2.12. The molecule has 76 valence electrons. The van der Waals surface area contributed by atoms with Crippen molar-refractivity contribution in [2.75, 3.05) is 39.5 Å². The van der Waals surface area contributed by atoms with Gasteiger partial charge in [0, 0.05) is 19.6 Å². The van der Waals surface area contributed by atoms with Gasteiger partial charge < -0.3 is 9.47 Å². The fourth-order valence-electron chi connectivity index (χ4n) is 0.979. The molecular weight excluding hydrogens is 170 g/mol. The van der Waals surface area contributed by atoms with Crippen LogP contribution in [0.15, 0.2) is 0 Å². The molecule has 0 atom stereocenters. The molecule has 0 aromatic carbocycles. The Kier molecular flexibility index (Phi) is 4.78. The van der Waals surface area contributed by atoms with Crippen LogP contribution in [0.3, 0.4) is 0 Å². The number of carbonyl (C=O) groups excluding carboxylic acids is 1. The molecule has 0 aromatic heterocycles. The maximum absolute atomic E-state index is 10.8. The maximum atomic E-state index is 10.8. The van der Waals surface area contributed by atoms with Crippen molar-refractivity contribution >= 4 is 5.97 Å². The lowest BCUT2D eigenvalue weighted by atomic mass is 10.5. The van der Waals surface area contributed by atoms with E-state index in [1.165, 1.54) is 13.1 Å². The molecule has 13 heavy (non-hydrogen) atoms. The van der Waals surface area contributed by atoms with Crippen LogP contribution >= 0.6 is 0 Å². The fraction of sp³-hybridized carbons (Fsp3) is 0.889. The van der Waals surface area contributed by atoms with E-state index in [1.807, 2.05) is 0 Å². The summed E-state index contributed by atoms with van der Waals surface area (Å²) in [5.41, 5.74) is 0. The second-order valence-corrected chi connectivity index (χ2v) is 3.01. The first-order valence-electron chi connectivity index (χ1n) is 4.78. The van der Waals surface area contributed by atoms with Gasteiger partial charge in [-0.25, -0.2) is 0 Å². The molecule has 0 unspecified atom stereocenters. The number of rotatable bonds is 7. The SMILES string of the molecule is CCOC(=O)CCOCCN1CC1. The summed E-state index contributed by atoms with van der Waals surface area (Å²) >= 11 is 0. The molecule has 0 aromatic rings. The molecule has 1 saturated heterocycles. The van der Waals surface area contributed by atoms with Gasteiger partial charge in [0.05, 0.1) is 26.2 Å². The predicted molar refractivity (Wildman–Crippen MR) is 48.5 cm³/mol. The Morgan fingerprint density at radius 3 is 2.77 bits per heavy atom. The zero-order chi connectivity index (χ0) is 9.52. The highest BCUT2D eigenvalue weighted by Gasteiger charge is 2.15. The minimum Gasteiger partial charge on any atom is -0.466 e. The largest absolute Gasteiger partial charge is 0.466 e. The molecule has 0 N–H and O–H groups in total. The second-order valence-electron chi connectivity index (χ2n) is 3.01. The Labute approximate surface area is 78.8 Å². The van der Waals surface area contributed by atoms with Crippen LogP contribution in [-0.4, -0.2) is 50.3 Å². The van der Waals surface area contributed by atoms with E-state index in [0.29, 0.717) is 19.6 Å². The first-order chi connectivity index (χ1) is 6.33. The second kappa shape index (κ2) is 5.94. The molecule has 0 radical (unpaired) electrons. The number of ether oxygens (including phenoxy) is 2. The third-order valence-electron chi connectivity index (χ3n) is 1.85. The smallest absolute Gasteiger partial charge is 0.308 e. The van der Waals surface area contributed by atoms with Crippen LogP contribution in [0.2, 0.25) is 0 Å². The number of esters is 1. The van der Waals surface area contributed by atoms with Crippen molar-refractivity contribution in [3.05, 3.63) is 0 Å². The number of carbonyl (C=O) groups is 1. The Balaban J connectivity index is 1.79. The van der Waals surface area contributed by atoms with Gasteiger partial charge in [-0.1, -0.05) is 0 Å². The van der Waals surface area contributed by atoms with Gasteiger partial charge in [0.25, 0.3) is 0 Å². The lowest BCUT2D eigenvalue weighted by Gasteiger charge is -2.04. The molecule has 0 saturated carbocycles. The summed E-state index contributed by atoms with van der Waals surface area (Å²) in [5.74, 6) is -0.172. The van der Waals surface area contributed by atoms with E-state index in [2.05, 4.69) is 4.90 Å². The van der Waals surface area contributed by atoms with Crippen molar-refractivity contribution in [3.8, 4) is 0 Å². The average Bonchev–Trinajstić information content (AvgIpc) is 2.88. The highest BCUT2D eigenvalue weighted by atomic mass is 16.5. The van der Waals surface area contributed by atoms with E-state index in [-0.39, 0.29) is 5.97 Å². The normalized spacial score (nSPS) is 15.8. The average molecular weight is 187 g/mol. The number of hydrogen-bond donors (Lipinski definition) is 0. The van der Waals surface area contributed by atoms with Gasteiger partial charge in [-0.2, -0.15) is 0 Å². The van der Waals surface area contributed by atoms with E-state index in [9.17, 15) is 4.79 Å². The third kappa shape index (κ3) is 5.60. The maximum Gasteiger partial charge on any atom is 0.308 e. The summed E-state index contributed by atoms with van der Waals surface area (Å²) in [5, 5.41) is 0. The number of hydrogen-bond acceptors (Lipinski definition) is 4. The highest BCUT2D eigenvalue weighted by molar-refractivity contribution is 5.69. The van der Waals surface area contributed by atoms with Crippen molar-refractivity contribution < 1.29 is 14.3 Å². The van der Waals surface area contributed by atoms with Crippen LogP contribution in [0.1, 0.15) is 13.3 Å². The predicted octanol–water partition coefficient (Wildman–Crippen LogP) is 0.272. The Hall–Kier alpha value is -0.610. The van der Waals surface area contributed by atoms with E-state index in [1.54, 1.807) is 6.92 Å². The Morgan fingerprint density at radius 1 is 1.38 bits per heavy atom. The van der Waals surface area contributed by atoms with Crippen LogP contribution in [0.25, 0.3) is 0 Å². The third-order valence-corrected chi connectivity index (χ3v) is 1.85. The summed E-state index contributed by atoms with van der Waals surface area (Å²) in [4.78, 5) is 13.1. The fourth-order valence-corrected chi connectivity index (χ4v) is 0.979. The topological polar surface area (TPSA) is 38.5 Å². The Bertz CT molecular complexity index is 157. The molecule has 0 aliphatic carbocycles. The van der Waals surface area contributed by atoms with Crippen LogP contribution in [-0.2, 0) is 14.3 Å².